The summed E-state index contributed by atoms with van der Waals surface area (Å²) in [4.78, 5) is 17.4. The number of hydrogen-bond donors (Lipinski definition) is 1. The maximum absolute atomic E-state index is 12.7. The van der Waals surface area contributed by atoms with Crippen molar-refractivity contribution in [2.45, 2.75) is 45.1 Å². The average molecular weight is 265 g/mol. The number of nitrogens with zero attached hydrogens (tertiary/aromatic N) is 2. The van der Waals surface area contributed by atoms with Crippen molar-refractivity contribution in [3.63, 3.8) is 0 Å². The molecule has 0 aromatic rings. The van der Waals surface area contributed by atoms with Gasteiger partial charge in [-0.25, -0.2) is 0 Å². The summed E-state index contributed by atoms with van der Waals surface area (Å²) < 4.78 is 0. The second-order valence-electron chi connectivity index (χ2n) is 6.78. The van der Waals surface area contributed by atoms with Crippen molar-refractivity contribution < 1.29 is 4.79 Å². The van der Waals surface area contributed by atoms with E-state index in [1.165, 1.54) is 38.8 Å². The molecule has 3 fully saturated rings. The predicted octanol–water partition coefficient (Wildman–Crippen LogP) is 1.07. The molecular formula is C15H27N3O. The summed E-state index contributed by atoms with van der Waals surface area (Å²) in [5.41, 5.74) is -0.142. The maximum atomic E-state index is 12.7. The molecule has 3 aliphatic heterocycles. The number of hydrogen-bond acceptors (Lipinski definition) is 3. The van der Waals surface area contributed by atoms with Crippen LogP contribution in [0.1, 0.15) is 39.0 Å². The highest BCUT2D eigenvalue weighted by molar-refractivity contribution is 5.83. The van der Waals surface area contributed by atoms with Crippen molar-refractivity contribution in [1.29, 1.82) is 0 Å². The molecule has 0 aromatic carbocycles. The van der Waals surface area contributed by atoms with Gasteiger partial charge in [0.1, 0.15) is 0 Å². The number of carbonyl (C=O) groups excluding carboxylic acids is 1. The van der Waals surface area contributed by atoms with E-state index in [-0.39, 0.29) is 5.41 Å². The normalized spacial score (nSPS) is 36.9. The van der Waals surface area contributed by atoms with Gasteiger partial charge in [-0.2, -0.15) is 0 Å². The summed E-state index contributed by atoms with van der Waals surface area (Å²) in [7, 11) is 0. The zero-order valence-electron chi connectivity index (χ0n) is 12.2. The molecule has 4 nitrogen and oxygen atoms in total. The maximum Gasteiger partial charge on any atom is 0.229 e. The quantitative estimate of drug-likeness (QED) is 0.811. The summed E-state index contributed by atoms with van der Waals surface area (Å²) in [6.07, 6.45) is 6.24. The third kappa shape index (κ3) is 2.65. The molecule has 0 saturated carbocycles. The largest absolute Gasteiger partial charge is 0.341 e. The number of likely N-dealkylation sites (tertiary alicyclic amines) is 2. The monoisotopic (exact) mass is 265 g/mol. The van der Waals surface area contributed by atoms with E-state index in [9.17, 15) is 4.79 Å². The summed E-state index contributed by atoms with van der Waals surface area (Å²) in [6.45, 7) is 8.40. The number of rotatable bonds is 2. The van der Waals surface area contributed by atoms with Gasteiger partial charge in [-0.15, -0.1) is 0 Å². The third-order valence-corrected chi connectivity index (χ3v) is 5.24. The third-order valence-electron chi connectivity index (χ3n) is 5.24. The van der Waals surface area contributed by atoms with Crippen LogP contribution < -0.4 is 5.32 Å². The first kappa shape index (κ1) is 13.4. The first-order valence-electron chi connectivity index (χ1n) is 7.93. The Balaban J connectivity index is 1.57. The molecule has 19 heavy (non-hydrogen) atoms. The standard InChI is InChI=1S/C15H27N3O/c1-15(6-7-16-12-15)14(19)18-10-5-13(11-18)17-8-3-2-4-9-17/h13,16H,2-12H2,1H3. The van der Waals surface area contributed by atoms with E-state index in [0.29, 0.717) is 11.9 Å². The van der Waals surface area contributed by atoms with Crippen LogP contribution >= 0.6 is 0 Å². The van der Waals surface area contributed by atoms with Gasteiger partial charge in [-0.3, -0.25) is 9.69 Å². The second kappa shape index (κ2) is 5.41. The van der Waals surface area contributed by atoms with Crippen LogP contribution in [0.2, 0.25) is 0 Å². The van der Waals surface area contributed by atoms with Crippen molar-refractivity contribution in [2.75, 3.05) is 39.3 Å². The minimum Gasteiger partial charge on any atom is -0.341 e. The lowest BCUT2D eigenvalue weighted by atomic mass is 9.88. The van der Waals surface area contributed by atoms with Gasteiger partial charge in [-0.05, 0) is 52.2 Å². The van der Waals surface area contributed by atoms with Crippen molar-refractivity contribution in [3.05, 3.63) is 0 Å². The SMILES string of the molecule is CC1(C(=O)N2CCC(N3CCCCC3)C2)CCNC1. The zero-order chi connectivity index (χ0) is 13.3. The molecule has 3 rings (SSSR count). The predicted molar refractivity (Wildman–Crippen MR) is 76.0 cm³/mol. The molecule has 1 amide bonds. The van der Waals surface area contributed by atoms with Gasteiger partial charge in [-0.1, -0.05) is 6.42 Å². The molecule has 2 unspecified atom stereocenters. The van der Waals surface area contributed by atoms with E-state index in [1.54, 1.807) is 0 Å². The first-order valence-corrected chi connectivity index (χ1v) is 7.93. The molecule has 4 heteroatoms. The molecule has 0 aliphatic carbocycles. The van der Waals surface area contributed by atoms with Crippen LogP contribution in [0.15, 0.2) is 0 Å². The highest BCUT2D eigenvalue weighted by Crippen LogP contribution is 2.30. The average Bonchev–Trinajstić information content (AvgIpc) is 3.09. The van der Waals surface area contributed by atoms with E-state index < -0.39 is 0 Å². The number of piperidine rings is 1. The van der Waals surface area contributed by atoms with Crippen LogP contribution in [0, 0.1) is 5.41 Å². The molecule has 0 spiro atoms. The Bertz CT molecular complexity index is 332. The smallest absolute Gasteiger partial charge is 0.229 e. The molecule has 3 heterocycles. The van der Waals surface area contributed by atoms with Crippen LogP contribution in [-0.4, -0.2) is 61.0 Å². The van der Waals surface area contributed by atoms with E-state index in [2.05, 4.69) is 22.0 Å². The Labute approximate surface area is 116 Å². The molecule has 0 bridgehead atoms. The van der Waals surface area contributed by atoms with Crippen LogP contribution in [0.3, 0.4) is 0 Å². The first-order chi connectivity index (χ1) is 9.19. The Kier molecular flexibility index (Phi) is 3.81. The molecule has 1 N–H and O–H groups in total. The van der Waals surface area contributed by atoms with Gasteiger partial charge in [0.25, 0.3) is 0 Å². The Morgan fingerprint density at radius 1 is 1.21 bits per heavy atom. The highest BCUT2D eigenvalue weighted by atomic mass is 16.2. The van der Waals surface area contributed by atoms with Gasteiger partial charge in [0, 0.05) is 25.7 Å². The van der Waals surface area contributed by atoms with E-state index in [0.717, 1.165) is 32.6 Å². The summed E-state index contributed by atoms with van der Waals surface area (Å²) in [6, 6.07) is 0.627. The summed E-state index contributed by atoms with van der Waals surface area (Å²) in [5, 5.41) is 3.33. The van der Waals surface area contributed by atoms with E-state index >= 15 is 0 Å². The second-order valence-corrected chi connectivity index (χ2v) is 6.78. The fourth-order valence-electron chi connectivity index (χ4n) is 3.89. The lowest BCUT2D eigenvalue weighted by molar-refractivity contribution is -0.139. The molecule has 2 atom stereocenters. The van der Waals surface area contributed by atoms with Crippen molar-refractivity contribution in [3.8, 4) is 0 Å². The Morgan fingerprint density at radius 3 is 2.68 bits per heavy atom. The van der Waals surface area contributed by atoms with Crippen molar-refractivity contribution >= 4 is 5.91 Å². The molecule has 3 aliphatic rings. The van der Waals surface area contributed by atoms with Crippen LogP contribution in [0.5, 0.6) is 0 Å². The van der Waals surface area contributed by atoms with Crippen LogP contribution in [-0.2, 0) is 4.79 Å². The minimum atomic E-state index is -0.142. The summed E-state index contributed by atoms with van der Waals surface area (Å²) >= 11 is 0. The Morgan fingerprint density at radius 2 is 2.00 bits per heavy atom. The van der Waals surface area contributed by atoms with E-state index in [1.807, 2.05) is 0 Å². The van der Waals surface area contributed by atoms with Gasteiger partial charge < -0.3 is 10.2 Å². The molecule has 0 aromatic heterocycles. The van der Waals surface area contributed by atoms with Crippen LogP contribution in [0.25, 0.3) is 0 Å². The zero-order valence-corrected chi connectivity index (χ0v) is 12.2. The van der Waals surface area contributed by atoms with Crippen molar-refractivity contribution in [1.82, 2.24) is 15.1 Å². The highest BCUT2D eigenvalue weighted by Gasteiger charge is 2.42. The lowest BCUT2D eigenvalue weighted by Gasteiger charge is -2.33. The van der Waals surface area contributed by atoms with Gasteiger partial charge >= 0.3 is 0 Å². The molecule has 0 radical (unpaired) electrons. The minimum absolute atomic E-state index is 0.142. The summed E-state index contributed by atoms with van der Waals surface area (Å²) in [5.74, 6) is 0.386. The molecule has 3 saturated heterocycles. The molecule has 108 valence electrons. The van der Waals surface area contributed by atoms with E-state index in [4.69, 9.17) is 0 Å². The number of nitrogens with one attached hydrogen (secondary N) is 1. The Hall–Kier alpha value is -0.610. The molecular weight excluding hydrogens is 238 g/mol. The van der Waals surface area contributed by atoms with Gasteiger partial charge in [0.05, 0.1) is 5.41 Å². The van der Waals surface area contributed by atoms with Crippen LogP contribution in [0.4, 0.5) is 0 Å². The lowest BCUT2D eigenvalue weighted by Crippen LogP contribution is -2.45. The fourth-order valence-corrected chi connectivity index (χ4v) is 3.89. The van der Waals surface area contributed by atoms with Gasteiger partial charge in [0.2, 0.25) is 5.91 Å². The van der Waals surface area contributed by atoms with Gasteiger partial charge in [0.15, 0.2) is 0 Å². The number of amides is 1. The fraction of sp³-hybridized carbons (Fsp3) is 0.933. The number of carbonyl (C=O) groups is 1. The van der Waals surface area contributed by atoms with Crippen molar-refractivity contribution in [2.24, 2.45) is 5.41 Å². The topological polar surface area (TPSA) is 35.6 Å².